The molecule has 0 atom stereocenters. The van der Waals surface area contributed by atoms with E-state index in [-0.39, 0.29) is 17.7 Å². The molecule has 0 unspecified atom stereocenters. The Labute approximate surface area is 117 Å². The van der Waals surface area contributed by atoms with Gasteiger partial charge in [0.2, 0.25) is 0 Å². The van der Waals surface area contributed by atoms with Gasteiger partial charge in [0.05, 0.1) is 30.0 Å². The lowest BCUT2D eigenvalue weighted by Crippen LogP contribution is -2.20. The molecule has 0 aliphatic carbocycles. The number of hydrogen-bond acceptors (Lipinski definition) is 4. The molecular formula is C14H8FN3OS. The van der Waals surface area contributed by atoms with Crippen molar-refractivity contribution < 1.29 is 4.39 Å². The molecule has 0 aliphatic heterocycles. The molecule has 3 aromatic rings. The molecule has 0 amide bonds. The first-order valence-corrected chi connectivity index (χ1v) is 6.67. The van der Waals surface area contributed by atoms with E-state index >= 15 is 0 Å². The number of benzene rings is 1. The molecule has 0 radical (unpaired) electrons. The molecule has 0 N–H and O–H groups in total. The lowest BCUT2D eigenvalue weighted by molar-refractivity contribution is 0.622. The van der Waals surface area contributed by atoms with Crippen LogP contribution in [0.5, 0.6) is 0 Å². The van der Waals surface area contributed by atoms with Gasteiger partial charge in [0.1, 0.15) is 10.5 Å². The van der Waals surface area contributed by atoms with Crippen LogP contribution in [0.15, 0.2) is 40.8 Å². The number of nitriles is 1. The second-order valence-corrected chi connectivity index (χ2v) is 5.19. The van der Waals surface area contributed by atoms with Gasteiger partial charge in [-0.1, -0.05) is 0 Å². The standard InChI is InChI=1S/C14H8FN3OS/c15-11-4-9(6-16)3-10(5-11)7-18-8-17-12-1-2-20-13(12)14(18)19/h1-5,8H,7H2. The van der Waals surface area contributed by atoms with Gasteiger partial charge in [-0.25, -0.2) is 9.37 Å². The van der Waals surface area contributed by atoms with Crippen LogP contribution in [0.25, 0.3) is 10.2 Å². The Balaban J connectivity index is 2.05. The van der Waals surface area contributed by atoms with E-state index in [9.17, 15) is 9.18 Å². The van der Waals surface area contributed by atoms with E-state index in [0.29, 0.717) is 15.8 Å². The maximum atomic E-state index is 13.4. The zero-order chi connectivity index (χ0) is 14.1. The highest BCUT2D eigenvalue weighted by Crippen LogP contribution is 2.14. The first-order chi connectivity index (χ1) is 9.67. The molecular weight excluding hydrogens is 277 g/mol. The fraction of sp³-hybridized carbons (Fsp3) is 0.0714. The first-order valence-electron chi connectivity index (χ1n) is 5.79. The monoisotopic (exact) mass is 285 g/mol. The van der Waals surface area contributed by atoms with Crippen LogP contribution in [0.1, 0.15) is 11.1 Å². The van der Waals surface area contributed by atoms with Crippen LogP contribution < -0.4 is 5.56 Å². The van der Waals surface area contributed by atoms with Crippen molar-refractivity contribution in [3.8, 4) is 6.07 Å². The van der Waals surface area contributed by atoms with Gasteiger partial charge in [-0.2, -0.15) is 5.26 Å². The van der Waals surface area contributed by atoms with Crippen molar-refractivity contribution in [2.24, 2.45) is 0 Å². The number of rotatable bonds is 2. The fourth-order valence-corrected chi connectivity index (χ4v) is 2.79. The summed E-state index contributed by atoms with van der Waals surface area (Å²) in [5, 5.41) is 10.6. The highest BCUT2D eigenvalue weighted by atomic mass is 32.1. The van der Waals surface area contributed by atoms with Gasteiger partial charge in [0, 0.05) is 0 Å². The van der Waals surface area contributed by atoms with Crippen molar-refractivity contribution in [2.45, 2.75) is 6.54 Å². The van der Waals surface area contributed by atoms with Gasteiger partial charge < -0.3 is 0 Å². The van der Waals surface area contributed by atoms with E-state index in [4.69, 9.17) is 5.26 Å². The SMILES string of the molecule is N#Cc1cc(F)cc(Cn2cnc3ccsc3c2=O)c1. The number of hydrogen-bond donors (Lipinski definition) is 0. The summed E-state index contributed by atoms with van der Waals surface area (Å²) in [5.41, 5.74) is 1.29. The number of thiophene rings is 1. The van der Waals surface area contributed by atoms with E-state index in [2.05, 4.69) is 4.98 Å². The van der Waals surface area contributed by atoms with Gasteiger partial charge in [-0.15, -0.1) is 11.3 Å². The summed E-state index contributed by atoms with van der Waals surface area (Å²) in [4.78, 5) is 16.4. The van der Waals surface area contributed by atoms with Crippen molar-refractivity contribution in [2.75, 3.05) is 0 Å². The van der Waals surface area contributed by atoms with Crippen molar-refractivity contribution >= 4 is 21.6 Å². The summed E-state index contributed by atoms with van der Waals surface area (Å²) in [6, 6.07) is 7.71. The molecule has 4 nitrogen and oxygen atoms in total. The van der Waals surface area contributed by atoms with Gasteiger partial charge >= 0.3 is 0 Å². The highest BCUT2D eigenvalue weighted by molar-refractivity contribution is 7.17. The number of aromatic nitrogens is 2. The van der Waals surface area contributed by atoms with Crippen LogP contribution in [-0.4, -0.2) is 9.55 Å². The Bertz CT molecular complexity index is 891. The lowest BCUT2D eigenvalue weighted by Gasteiger charge is -2.06. The van der Waals surface area contributed by atoms with Crippen LogP contribution in [0, 0.1) is 17.1 Å². The minimum atomic E-state index is -0.489. The van der Waals surface area contributed by atoms with Crippen molar-refractivity contribution in [1.82, 2.24) is 9.55 Å². The second kappa shape index (κ2) is 4.87. The van der Waals surface area contributed by atoms with Crippen LogP contribution in [0.2, 0.25) is 0 Å². The summed E-state index contributed by atoms with van der Waals surface area (Å²) in [6.07, 6.45) is 1.44. The zero-order valence-corrected chi connectivity index (χ0v) is 11.0. The molecule has 0 fully saturated rings. The molecule has 1 aromatic carbocycles. The zero-order valence-electron chi connectivity index (χ0n) is 10.2. The molecule has 3 rings (SSSR count). The minimum Gasteiger partial charge on any atom is -0.294 e. The van der Waals surface area contributed by atoms with E-state index < -0.39 is 5.82 Å². The summed E-state index contributed by atoms with van der Waals surface area (Å²) in [5.74, 6) is -0.489. The second-order valence-electron chi connectivity index (χ2n) is 4.27. The number of fused-ring (bicyclic) bond motifs is 1. The molecule has 20 heavy (non-hydrogen) atoms. The van der Waals surface area contributed by atoms with E-state index in [1.54, 1.807) is 17.5 Å². The minimum absolute atomic E-state index is 0.159. The summed E-state index contributed by atoms with van der Waals surface area (Å²) < 4.78 is 15.4. The molecule has 0 saturated carbocycles. The third kappa shape index (κ3) is 2.19. The van der Waals surface area contributed by atoms with E-state index in [0.717, 1.165) is 6.07 Å². The quantitative estimate of drug-likeness (QED) is 0.727. The van der Waals surface area contributed by atoms with Crippen LogP contribution in [-0.2, 0) is 6.54 Å². The summed E-state index contributed by atoms with van der Waals surface area (Å²) in [6.45, 7) is 0.187. The van der Waals surface area contributed by atoms with E-state index in [1.807, 2.05) is 6.07 Å². The topological polar surface area (TPSA) is 58.7 Å². The maximum absolute atomic E-state index is 13.4. The summed E-state index contributed by atoms with van der Waals surface area (Å²) in [7, 11) is 0. The van der Waals surface area contributed by atoms with Crippen LogP contribution >= 0.6 is 11.3 Å². The Morgan fingerprint density at radius 3 is 3.05 bits per heavy atom. The van der Waals surface area contributed by atoms with Gasteiger partial charge in [0.15, 0.2) is 0 Å². The Kier molecular flexibility index (Phi) is 3.05. The molecule has 6 heteroatoms. The van der Waals surface area contributed by atoms with E-state index in [1.165, 1.54) is 28.3 Å². The van der Waals surface area contributed by atoms with Crippen LogP contribution in [0.3, 0.4) is 0 Å². The fourth-order valence-electron chi connectivity index (χ4n) is 1.99. The van der Waals surface area contributed by atoms with Crippen molar-refractivity contribution in [3.63, 3.8) is 0 Å². The number of halogens is 1. The van der Waals surface area contributed by atoms with Gasteiger partial charge in [-0.3, -0.25) is 9.36 Å². The number of nitrogens with zero attached hydrogens (tertiary/aromatic N) is 3. The molecule has 98 valence electrons. The third-order valence-corrected chi connectivity index (χ3v) is 3.77. The van der Waals surface area contributed by atoms with Gasteiger partial charge in [0.25, 0.3) is 5.56 Å². The molecule has 0 bridgehead atoms. The molecule has 0 spiro atoms. The first kappa shape index (κ1) is 12.5. The third-order valence-electron chi connectivity index (χ3n) is 2.88. The smallest absolute Gasteiger partial charge is 0.271 e. The molecule has 0 saturated heterocycles. The average Bonchev–Trinajstić information content (AvgIpc) is 2.90. The highest BCUT2D eigenvalue weighted by Gasteiger charge is 2.07. The maximum Gasteiger partial charge on any atom is 0.271 e. The predicted octanol–water partition coefficient (Wildman–Crippen LogP) is 2.52. The molecule has 2 heterocycles. The molecule has 2 aromatic heterocycles. The lowest BCUT2D eigenvalue weighted by atomic mass is 10.1. The van der Waals surface area contributed by atoms with Gasteiger partial charge in [-0.05, 0) is 35.2 Å². The largest absolute Gasteiger partial charge is 0.294 e. The van der Waals surface area contributed by atoms with Crippen molar-refractivity contribution in [1.29, 1.82) is 5.26 Å². The summed E-state index contributed by atoms with van der Waals surface area (Å²) >= 11 is 1.33. The molecule has 0 aliphatic rings. The average molecular weight is 285 g/mol. The predicted molar refractivity (Wildman–Crippen MR) is 74.1 cm³/mol. The van der Waals surface area contributed by atoms with Crippen molar-refractivity contribution in [3.05, 3.63) is 63.3 Å². The normalized spacial score (nSPS) is 10.6. The Hall–Kier alpha value is -2.52. The van der Waals surface area contributed by atoms with Crippen LogP contribution in [0.4, 0.5) is 4.39 Å². The Morgan fingerprint density at radius 1 is 1.40 bits per heavy atom. The Morgan fingerprint density at radius 2 is 2.25 bits per heavy atom.